The lowest BCUT2D eigenvalue weighted by Gasteiger charge is -2.39. The number of nitrogens with one attached hydrogen (secondary N) is 2. The van der Waals surface area contributed by atoms with Gasteiger partial charge in [-0.2, -0.15) is 5.10 Å². The van der Waals surface area contributed by atoms with Gasteiger partial charge in [-0.1, -0.05) is 29.8 Å². The molecule has 28 heavy (non-hydrogen) atoms. The first kappa shape index (κ1) is 18.2. The molecular weight excluding hydrogens is 352 g/mol. The highest BCUT2D eigenvalue weighted by Gasteiger charge is 2.34. The van der Waals surface area contributed by atoms with Crippen LogP contribution >= 0.6 is 0 Å². The summed E-state index contributed by atoms with van der Waals surface area (Å²) in [6.45, 7) is 7.15. The number of rotatable bonds is 5. The van der Waals surface area contributed by atoms with Crippen molar-refractivity contribution in [2.24, 2.45) is 5.92 Å². The number of aromatic amines is 1. The van der Waals surface area contributed by atoms with E-state index in [1.807, 2.05) is 13.8 Å². The lowest BCUT2D eigenvalue weighted by atomic mass is 9.99. The number of anilines is 2. The number of carbonyl (C=O) groups is 1. The van der Waals surface area contributed by atoms with Gasteiger partial charge in [0.15, 0.2) is 0 Å². The van der Waals surface area contributed by atoms with Crippen LogP contribution in [0.2, 0.25) is 0 Å². The zero-order valence-electron chi connectivity index (χ0n) is 16.4. The quantitative estimate of drug-likeness (QED) is 0.715. The lowest BCUT2D eigenvalue weighted by molar-refractivity contribution is -0.120. The van der Waals surface area contributed by atoms with Crippen molar-refractivity contribution in [2.75, 3.05) is 23.3 Å². The Labute approximate surface area is 164 Å². The molecule has 2 aromatic heterocycles. The van der Waals surface area contributed by atoms with Crippen LogP contribution in [0.25, 0.3) is 0 Å². The summed E-state index contributed by atoms with van der Waals surface area (Å²) in [5.74, 6) is 0.786. The molecule has 0 spiro atoms. The summed E-state index contributed by atoms with van der Waals surface area (Å²) < 4.78 is 0. The zero-order valence-corrected chi connectivity index (χ0v) is 16.4. The summed E-state index contributed by atoms with van der Waals surface area (Å²) in [6, 6.07) is 8.41. The number of H-pyrrole nitrogens is 1. The van der Waals surface area contributed by atoms with E-state index in [2.05, 4.69) is 56.6 Å². The van der Waals surface area contributed by atoms with Crippen LogP contribution in [0.15, 0.2) is 36.7 Å². The van der Waals surface area contributed by atoms with Gasteiger partial charge in [-0.25, -0.2) is 4.98 Å². The lowest BCUT2D eigenvalue weighted by Crippen LogP contribution is -2.52. The first-order chi connectivity index (χ1) is 13.5. The number of amides is 1. The van der Waals surface area contributed by atoms with E-state index in [0.717, 1.165) is 35.0 Å². The summed E-state index contributed by atoms with van der Waals surface area (Å²) in [4.78, 5) is 23.7. The predicted molar refractivity (Wildman–Crippen MR) is 108 cm³/mol. The van der Waals surface area contributed by atoms with E-state index >= 15 is 0 Å². The van der Waals surface area contributed by atoms with Crippen molar-refractivity contribution in [3.8, 4) is 0 Å². The Morgan fingerprint density at radius 3 is 2.79 bits per heavy atom. The molecular formula is C21H24N6O. The van der Waals surface area contributed by atoms with E-state index in [1.54, 1.807) is 12.4 Å². The van der Waals surface area contributed by atoms with E-state index in [1.165, 1.54) is 11.1 Å². The van der Waals surface area contributed by atoms with Crippen LogP contribution < -0.4 is 10.2 Å². The zero-order chi connectivity index (χ0) is 19.7. The highest BCUT2D eigenvalue weighted by molar-refractivity contribution is 5.95. The third-order valence-corrected chi connectivity index (χ3v) is 5.09. The van der Waals surface area contributed by atoms with Crippen LogP contribution in [0.1, 0.15) is 28.2 Å². The summed E-state index contributed by atoms with van der Waals surface area (Å²) in [5.41, 5.74) is 5.84. The maximum Gasteiger partial charge on any atom is 0.231 e. The van der Waals surface area contributed by atoms with Crippen molar-refractivity contribution in [2.45, 2.75) is 27.2 Å². The van der Waals surface area contributed by atoms with Crippen molar-refractivity contribution in [1.29, 1.82) is 0 Å². The van der Waals surface area contributed by atoms with Gasteiger partial charge in [0, 0.05) is 25.7 Å². The Hall–Kier alpha value is -3.22. The summed E-state index contributed by atoms with van der Waals surface area (Å²) in [5, 5.41) is 9.99. The Bertz CT molecular complexity index is 986. The molecule has 1 aliphatic rings. The minimum absolute atomic E-state index is 0.0210. The fourth-order valence-electron chi connectivity index (χ4n) is 3.46. The molecule has 4 rings (SSSR count). The maximum atomic E-state index is 12.5. The van der Waals surface area contributed by atoms with Crippen LogP contribution in [-0.2, 0) is 11.2 Å². The van der Waals surface area contributed by atoms with Crippen molar-refractivity contribution in [1.82, 2.24) is 20.2 Å². The van der Waals surface area contributed by atoms with Gasteiger partial charge < -0.3 is 10.2 Å². The Kier molecular flexibility index (Phi) is 4.81. The third kappa shape index (κ3) is 3.74. The molecule has 1 aromatic carbocycles. The average molecular weight is 376 g/mol. The molecule has 0 radical (unpaired) electrons. The molecule has 0 aliphatic carbocycles. The number of benzene rings is 1. The van der Waals surface area contributed by atoms with Crippen molar-refractivity contribution < 1.29 is 4.79 Å². The Morgan fingerprint density at radius 1 is 1.25 bits per heavy atom. The predicted octanol–water partition coefficient (Wildman–Crippen LogP) is 2.79. The fraction of sp³-hybridized carbons (Fsp3) is 0.333. The van der Waals surface area contributed by atoms with Gasteiger partial charge in [-0.05, 0) is 26.3 Å². The normalized spacial score (nSPS) is 14.0. The van der Waals surface area contributed by atoms with Crippen molar-refractivity contribution >= 4 is 17.4 Å². The molecule has 0 atom stereocenters. The highest BCUT2D eigenvalue weighted by atomic mass is 16.2. The SMILES string of the molecule is Cc1cccc(Cc2cncc(N3CC(C(=O)Nc4c(C)n[nH]c4C)C3)n2)c1. The van der Waals surface area contributed by atoms with Gasteiger partial charge in [0.05, 0.1) is 34.9 Å². The van der Waals surface area contributed by atoms with Gasteiger partial charge in [0.25, 0.3) is 0 Å². The topological polar surface area (TPSA) is 86.8 Å². The number of hydrogen-bond acceptors (Lipinski definition) is 5. The smallest absolute Gasteiger partial charge is 0.231 e. The van der Waals surface area contributed by atoms with Gasteiger partial charge >= 0.3 is 0 Å². The van der Waals surface area contributed by atoms with Crippen LogP contribution in [0.5, 0.6) is 0 Å². The molecule has 3 aromatic rings. The number of carbonyl (C=O) groups excluding carboxylic acids is 1. The molecule has 0 bridgehead atoms. The first-order valence-electron chi connectivity index (χ1n) is 9.43. The minimum Gasteiger partial charge on any atom is -0.354 e. The molecule has 1 amide bonds. The van der Waals surface area contributed by atoms with Gasteiger partial charge in [0.2, 0.25) is 5.91 Å². The van der Waals surface area contributed by atoms with Crippen LogP contribution in [0.3, 0.4) is 0 Å². The molecule has 0 unspecified atom stereocenters. The second-order valence-electron chi connectivity index (χ2n) is 7.43. The second-order valence-corrected chi connectivity index (χ2v) is 7.43. The van der Waals surface area contributed by atoms with E-state index in [9.17, 15) is 4.79 Å². The van der Waals surface area contributed by atoms with Crippen molar-refractivity contribution in [3.05, 3.63) is 64.9 Å². The van der Waals surface area contributed by atoms with Crippen molar-refractivity contribution in [3.63, 3.8) is 0 Å². The van der Waals surface area contributed by atoms with Gasteiger partial charge in [-0.15, -0.1) is 0 Å². The summed E-state index contributed by atoms with van der Waals surface area (Å²) >= 11 is 0. The van der Waals surface area contributed by atoms with Crippen LogP contribution in [0, 0.1) is 26.7 Å². The average Bonchev–Trinajstić information content (AvgIpc) is 2.93. The minimum atomic E-state index is -0.0593. The standard InChI is InChI=1S/C21H24N6O/c1-13-5-4-6-16(7-13)8-18-9-22-10-19(23-18)27-11-17(12-27)21(28)24-20-14(2)25-26-15(20)3/h4-7,9-10,17H,8,11-12H2,1-3H3,(H,24,28)(H,25,26). The number of nitrogens with zero attached hydrogens (tertiary/aromatic N) is 4. The van der Waals surface area contributed by atoms with Gasteiger partial charge in [-0.3, -0.25) is 14.9 Å². The molecule has 2 N–H and O–H groups in total. The molecule has 1 fully saturated rings. The number of aryl methyl sites for hydroxylation is 3. The van der Waals surface area contributed by atoms with E-state index in [4.69, 9.17) is 4.98 Å². The molecule has 1 saturated heterocycles. The van der Waals surface area contributed by atoms with Crippen LogP contribution in [-0.4, -0.2) is 39.2 Å². The number of aromatic nitrogens is 4. The van der Waals surface area contributed by atoms with E-state index < -0.39 is 0 Å². The van der Waals surface area contributed by atoms with Gasteiger partial charge in [0.1, 0.15) is 5.82 Å². The number of hydrogen-bond donors (Lipinski definition) is 2. The third-order valence-electron chi connectivity index (χ3n) is 5.09. The fourth-order valence-corrected chi connectivity index (χ4v) is 3.46. The molecule has 7 heteroatoms. The second kappa shape index (κ2) is 7.42. The molecule has 1 aliphatic heterocycles. The maximum absolute atomic E-state index is 12.5. The highest BCUT2D eigenvalue weighted by Crippen LogP contribution is 2.25. The Balaban J connectivity index is 1.37. The molecule has 0 saturated carbocycles. The van der Waals surface area contributed by atoms with E-state index in [0.29, 0.717) is 13.1 Å². The Morgan fingerprint density at radius 2 is 2.07 bits per heavy atom. The van der Waals surface area contributed by atoms with Crippen LogP contribution in [0.4, 0.5) is 11.5 Å². The molecule has 3 heterocycles. The molecule has 144 valence electrons. The largest absolute Gasteiger partial charge is 0.354 e. The summed E-state index contributed by atoms with van der Waals surface area (Å²) in [7, 11) is 0. The first-order valence-corrected chi connectivity index (χ1v) is 9.43. The van der Waals surface area contributed by atoms with E-state index in [-0.39, 0.29) is 11.8 Å². The monoisotopic (exact) mass is 376 g/mol. The molecule has 7 nitrogen and oxygen atoms in total. The summed E-state index contributed by atoms with van der Waals surface area (Å²) in [6.07, 6.45) is 4.32.